The highest BCUT2D eigenvalue weighted by Gasteiger charge is 1.98. The smallest absolute Gasteiger partial charge is 0.268 e. The molecule has 0 aliphatic carbocycles. The van der Waals surface area contributed by atoms with Crippen LogP contribution in [-0.4, -0.2) is 19.6 Å². The fourth-order valence-corrected chi connectivity index (χ4v) is 1.25. The van der Waals surface area contributed by atoms with Crippen molar-refractivity contribution < 1.29 is 0 Å². The first kappa shape index (κ1) is 9.45. The number of nitrogens with zero attached hydrogens (tertiary/aromatic N) is 4. The van der Waals surface area contributed by atoms with Crippen LogP contribution < -0.4 is 11.3 Å². The largest absolute Gasteiger partial charge is 0.397 e. The minimum atomic E-state index is -0.192. The zero-order chi connectivity index (χ0) is 10.7. The molecule has 2 aromatic rings. The van der Waals surface area contributed by atoms with Crippen molar-refractivity contribution in [3.8, 4) is 0 Å². The molecule has 0 aliphatic rings. The molecule has 6 nitrogen and oxygen atoms in total. The second-order valence-electron chi connectivity index (χ2n) is 3.12. The Balaban J connectivity index is 2.09. The van der Waals surface area contributed by atoms with E-state index in [2.05, 4.69) is 10.2 Å². The zero-order valence-corrected chi connectivity index (χ0v) is 8.08. The molecule has 2 heterocycles. The van der Waals surface area contributed by atoms with E-state index in [0.717, 1.165) is 0 Å². The van der Waals surface area contributed by atoms with E-state index in [1.165, 1.54) is 16.9 Å². The molecule has 2 rings (SSSR count). The summed E-state index contributed by atoms with van der Waals surface area (Å²) < 4.78 is 3.10. The van der Waals surface area contributed by atoms with Gasteiger partial charge in [-0.3, -0.25) is 9.48 Å². The minimum absolute atomic E-state index is 0.192. The molecule has 78 valence electrons. The number of nitrogens with two attached hydrogens (primary N) is 1. The van der Waals surface area contributed by atoms with E-state index < -0.39 is 0 Å². The van der Waals surface area contributed by atoms with Crippen molar-refractivity contribution in [1.29, 1.82) is 0 Å². The van der Waals surface area contributed by atoms with Gasteiger partial charge in [0.15, 0.2) is 0 Å². The molecule has 0 unspecified atom stereocenters. The molecule has 0 atom stereocenters. The van der Waals surface area contributed by atoms with E-state index in [1.54, 1.807) is 10.9 Å². The predicted octanol–water partition coefficient (Wildman–Crippen LogP) is -0.278. The molecular weight excluding hydrogens is 194 g/mol. The molecule has 2 aromatic heterocycles. The van der Waals surface area contributed by atoms with Gasteiger partial charge in [-0.15, -0.1) is 0 Å². The number of nitrogen functional groups attached to an aromatic ring is 1. The van der Waals surface area contributed by atoms with Crippen molar-refractivity contribution in [2.45, 2.75) is 13.1 Å². The number of hydrogen-bond acceptors (Lipinski definition) is 4. The van der Waals surface area contributed by atoms with Crippen LogP contribution in [0.15, 0.2) is 35.5 Å². The monoisotopic (exact) mass is 205 g/mol. The molecule has 6 heteroatoms. The summed E-state index contributed by atoms with van der Waals surface area (Å²) in [6.45, 7) is 1.10. The topological polar surface area (TPSA) is 78.7 Å². The third kappa shape index (κ3) is 2.22. The van der Waals surface area contributed by atoms with Gasteiger partial charge < -0.3 is 5.73 Å². The first-order valence-electron chi connectivity index (χ1n) is 4.56. The van der Waals surface area contributed by atoms with Gasteiger partial charge in [0.1, 0.15) is 0 Å². The van der Waals surface area contributed by atoms with Crippen LogP contribution in [0.25, 0.3) is 0 Å². The Labute approximate surface area is 85.9 Å². The van der Waals surface area contributed by atoms with Gasteiger partial charge in [0.05, 0.1) is 25.0 Å². The van der Waals surface area contributed by atoms with Crippen molar-refractivity contribution in [1.82, 2.24) is 19.6 Å². The van der Waals surface area contributed by atoms with Crippen LogP contribution in [0.1, 0.15) is 0 Å². The molecule has 0 amide bonds. The summed E-state index contributed by atoms with van der Waals surface area (Å²) in [5, 5.41) is 7.94. The molecule has 2 N–H and O–H groups in total. The van der Waals surface area contributed by atoms with Gasteiger partial charge in [0.2, 0.25) is 0 Å². The summed E-state index contributed by atoms with van der Waals surface area (Å²) in [5.41, 5.74) is 5.62. The lowest BCUT2D eigenvalue weighted by molar-refractivity contribution is 0.483. The Hall–Kier alpha value is -2.11. The van der Waals surface area contributed by atoms with E-state index in [4.69, 9.17) is 5.73 Å². The summed E-state index contributed by atoms with van der Waals surface area (Å²) in [6, 6.07) is 3.19. The minimum Gasteiger partial charge on any atom is -0.397 e. The Morgan fingerprint density at radius 1 is 1.33 bits per heavy atom. The van der Waals surface area contributed by atoms with Gasteiger partial charge >= 0.3 is 0 Å². The van der Waals surface area contributed by atoms with Gasteiger partial charge in [-0.1, -0.05) is 0 Å². The second kappa shape index (κ2) is 3.95. The molecular formula is C9H11N5O. The van der Waals surface area contributed by atoms with Crippen LogP contribution in [-0.2, 0) is 13.1 Å². The third-order valence-electron chi connectivity index (χ3n) is 1.99. The van der Waals surface area contributed by atoms with Crippen molar-refractivity contribution in [3.05, 3.63) is 41.1 Å². The summed E-state index contributed by atoms with van der Waals surface area (Å²) in [7, 11) is 0. The second-order valence-corrected chi connectivity index (χ2v) is 3.12. The molecule has 0 aromatic carbocycles. The Morgan fingerprint density at radius 2 is 2.20 bits per heavy atom. The maximum absolute atomic E-state index is 11.4. The SMILES string of the molecule is Nc1cnn(CCn2cccn2)c(=O)c1. The fourth-order valence-electron chi connectivity index (χ4n) is 1.25. The van der Waals surface area contributed by atoms with Crippen molar-refractivity contribution >= 4 is 5.69 Å². The lowest BCUT2D eigenvalue weighted by atomic mass is 10.5. The van der Waals surface area contributed by atoms with E-state index in [1.807, 2.05) is 12.3 Å². The van der Waals surface area contributed by atoms with Gasteiger partial charge in [-0.25, -0.2) is 4.68 Å². The fraction of sp³-hybridized carbons (Fsp3) is 0.222. The van der Waals surface area contributed by atoms with Gasteiger partial charge in [-0.2, -0.15) is 10.2 Å². The highest BCUT2D eigenvalue weighted by molar-refractivity contribution is 5.31. The van der Waals surface area contributed by atoms with Crippen LogP contribution >= 0.6 is 0 Å². The molecule has 0 saturated heterocycles. The molecule has 0 bridgehead atoms. The van der Waals surface area contributed by atoms with Crippen LogP contribution in [0.4, 0.5) is 5.69 Å². The molecule has 0 fully saturated rings. The summed E-state index contributed by atoms with van der Waals surface area (Å²) in [5.74, 6) is 0. The first-order valence-corrected chi connectivity index (χ1v) is 4.56. The highest BCUT2D eigenvalue weighted by Crippen LogP contribution is 1.91. The highest BCUT2D eigenvalue weighted by atomic mass is 16.1. The third-order valence-corrected chi connectivity index (χ3v) is 1.99. The molecule has 15 heavy (non-hydrogen) atoms. The van der Waals surface area contributed by atoms with Crippen molar-refractivity contribution in [2.75, 3.05) is 5.73 Å². The average Bonchev–Trinajstić information content (AvgIpc) is 2.69. The van der Waals surface area contributed by atoms with Crippen LogP contribution in [0.5, 0.6) is 0 Å². The first-order chi connectivity index (χ1) is 7.25. The number of aryl methyl sites for hydroxylation is 2. The van der Waals surface area contributed by atoms with Gasteiger partial charge in [-0.05, 0) is 6.07 Å². The number of rotatable bonds is 3. The maximum atomic E-state index is 11.4. The van der Waals surface area contributed by atoms with Crippen LogP contribution in [0, 0.1) is 0 Å². The average molecular weight is 205 g/mol. The van der Waals surface area contributed by atoms with E-state index in [0.29, 0.717) is 18.8 Å². The normalized spacial score (nSPS) is 10.4. The molecule has 0 radical (unpaired) electrons. The van der Waals surface area contributed by atoms with E-state index in [-0.39, 0.29) is 5.56 Å². The summed E-state index contributed by atoms with van der Waals surface area (Å²) in [6.07, 6.45) is 4.99. The van der Waals surface area contributed by atoms with E-state index >= 15 is 0 Å². The molecule has 0 aliphatic heterocycles. The van der Waals surface area contributed by atoms with Crippen LogP contribution in [0.3, 0.4) is 0 Å². The zero-order valence-electron chi connectivity index (χ0n) is 8.08. The molecule has 0 spiro atoms. The Morgan fingerprint density at radius 3 is 2.87 bits per heavy atom. The quantitative estimate of drug-likeness (QED) is 0.747. The number of aromatic nitrogens is 4. The Bertz CT molecular complexity index is 487. The van der Waals surface area contributed by atoms with Gasteiger partial charge in [0.25, 0.3) is 5.56 Å². The molecule has 0 saturated carbocycles. The number of anilines is 1. The van der Waals surface area contributed by atoms with Crippen molar-refractivity contribution in [2.24, 2.45) is 0 Å². The standard InChI is InChI=1S/C9H11N5O/c10-8-6-9(15)14(12-7-8)5-4-13-3-1-2-11-13/h1-3,6-7H,4-5,10H2. The maximum Gasteiger partial charge on any atom is 0.268 e. The summed E-state index contributed by atoms with van der Waals surface area (Å²) >= 11 is 0. The van der Waals surface area contributed by atoms with E-state index in [9.17, 15) is 4.79 Å². The Kier molecular flexibility index (Phi) is 2.49. The summed E-state index contributed by atoms with van der Waals surface area (Å²) in [4.78, 5) is 11.4. The number of hydrogen-bond donors (Lipinski definition) is 1. The van der Waals surface area contributed by atoms with Crippen LogP contribution in [0.2, 0.25) is 0 Å². The lowest BCUT2D eigenvalue weighted by Gasteiger charge is -2.04. The van der Waals surface area contributed by atoms with Gasteiger partial charge in [0, 0.05) is 18.5 Å². The predicted molar refractivity (Wildman–Crippen MR) is 55.1 cm³/mol. The lowest BCUT2D eigenvalue weighted by Crippen LogP contribution is -2.24. The van der Waals surface area contributed by atoms with Crippen molar-refractivity contribution in [3.63, 3.8) is 0 Å².